The van der Waals surface area contributed by atoms with Crippen molar-refractivity contribution in [2.75, 3.05) is 0 Å². The summed E-state index contributed by atoms with van der Waals surface area (Å²) in [5.74, 6) is -0.244. The summed E-state index contributed by atoms with van der Waals surface area (Å²) in [5, 5.41) is 10.7. The second-order valence-corrected chi connectivity index (χ2v) is 7.69. The molecule has 0 fully saturated rings. The molecule has 0 aliphatic heterocycles. The van der Waals surface area contributed by atoms with Gasteiger partial charge in [0.05, 0.1) is 5.75 Å². The summed E-state index contributed by atoms with van der Waals surface area (Å²) in [6, 6.07) is 15.9. The van der Waals surface area contributed by atoms with Gasteiger partial charge in [0.2, 0.25) is 0 Å². The Kier molecular flexibility index (Phi) is 4.43. The fraction of sp³-hybridized carbons (Fsp3) is 0.0556. The van der Waals surface area contributed by atoms with E-state index in [0.717, 1.165) is 10.9 Å². The molecule has 1 N–H and O–H groups in total. The molecule has 3 rings (SSSR count). The summed E-state index contributed by atoms with van der Waals surface area (Å²) in [7, 11) is -3.74. The first-order valence-electron chi connectivity index (χ1n) is 7.15. The van der Waals surface area contributed by atoms with Gasteiger partial charge < -0.3 is 4.98 Å². The Morgan fingerprint density at radius 3 is 2.58 bits per heavy atom. The van der Waals surface area contributed by atoms with Crippen LogP contribution in [-0.2, 0) is 15.6 Å². The third-order valence-electron chi connectivity index (χ3n) is 3.62. The molecule has 3 aromatic rings. The first-order chi connectivity index (χ1) is 11.5. The summed E-state index contributed by atoms with van der Waals surface area (Å²) < 4.78 is 25.1. The zero-order valence-corrected chi connectivity index (χ0v) is 14.1. The van der Waals surface area contributed by atoms with Gasteiger partial charge in [-0.25, -0.2) is 8.42 Å². The number of aromatic amines is 1. The smallest absolute Gasteiger partial charge is 0.192 e. The number of sulfone groups is 1. The number of hydrogen-bond donors (Lipinski definition) is 1. The van der Waals surface area contributed by atoms with Crippen LogP contribution in [0, 0.1) is 11.3 Å². The number of para-hydroxylation sites is 1. The van der Waals surface area contributed by atoms with Gasteiger partial charge in [0.25, 0.3) is 0 Å². The Labute approximate surface area is 144 Å². The van der Waals surface area contributed by atoms with Crippen molar-refractivity contribution in [2.45, 2.75) is 5.75 Å². The van der Waals surface area contributed by atoms with E-state index < -0.39 is 9.84 Å². The highest BCUT2D eigenvalue weighted by molar-refractivity contribution is 7.95. The topological polar surface area (TPSA) is 73.7 Å². The average molecular weight is 357 g/mol. The maximum Gasteiger partial charge on any atom is 0.192 e. The zero-order valence-electron chi connectivity index (χ0n) is 12.5. The second kappa shape index (κ2) is 6.52. The molecule has 4 nitrogen and oxygen atoms in total. The van der Waals surface area contributed by atoms with Crippen molar-refractivity contribution in [1.82, 2.24) is 4.98 Å². The predicted molar refractivity (Wildman–Crippen MR) is 96.0 cm³/mol. The number of fused-ring (bicyclic) bond motifs is 1. The van der Waals surface area contributed by atoms with Crippen LogP contribution in [0.5, 0.6) is 0 Å². The first-order valence-corrected chi connectivity index (χ1v) is 9.18. The highest BCUT2D eigenvalue weighted by atomic mass is 35.5. The van der Waals surface area contributed by atoms with E-state index >= 15 is 0 Å². The van der Waals surface area contributed by atoms with Crippen LogP contribution in [0.25, 0.3) is 17.0 Å². The number of nitrogens with zero attached hydrogens (tertiary/aromatic N) is 1. The molecule has 1 aromatic heterocycles. The van der Waals surface area contributed by atoms with Crippen LogP contribution in [0.4, 0.5) is 0 Å². The molecule has 6 heteroatoms. The molecule has 0 bridgehead atoms. The lowest BCUT2D eigenvalue weighted by molar-refractivity contribution is 0.602. The second-order valence-electron chi connectivity index (χ2n) is 5.30. The van der Waals surface area contributed by atoms with Crippen LogP contribution in [0.15, 0.2) is 59.6 Å². The summed E-state index contributed by atoms with van der Waals surface area (Å²) in [5.41, 5.74) is 2.14. The van der Waals surface area contributed by atoms with Gasteiger partial charge >= 0.3 is 0 Å². The minimum atomic E-state index is -3.74. The van der Waals surface area contributed by atoms with E-state index in [1.165, 1.54) is 6.08 Å². The number of halogens is 1. The molecule has 1 heterocycles. The third-order valence-corrected chi connectivity index (χ3v) is 5.47. The molecule has 0 amide bonds. The predicted octanol–water partition coefficient (Wildman–Crippen LogP) is 4.30. The molecular formula is C18H13ClN2O2S. The van der Waals surface area contributed by atoms with Gasteiger partial charge in [-0.15, -0.1) is 0 Å². The SMILES string of the molecule is N#C/C(=C\c1c[nH]c2ccccc12)S(=O)(=O)Cc1ccc(Cl)cc1. The van der Waals surface area contributed by atoms with Crippen molar-refractivity contribution >= 4 is 38.4 Å². The van der Waals surface area contributed by atoms with Gasteiger partial charge in [-0.3, -0.25) is 0 Å². The van der Waals surface area contributed by atoms with Crippen LogP contribution in [0.2, 0.25) is 5.02 Å². The summed E-state index contributed by atoms with van der Waals surface area (Å²) in [6.07, 6.45) is 3.10. The maximum atomic E-state index is 12.5. The Hall–Kier alpha value is -2.55. The van der Waals surface area contributed by atoms with Gasteiger partial charge in [0, 0.05) is 27.7 Å². The fourth-order valence-electron chi connectivity index (χ4n) is 2.42. The Morgan fingerprint density at radius 2 is 1.88 bits per heavy atom. The first kappa shape index (κ1) is 16.3. The minimum absolute atomic E-state index is 0.244. The molecule has 0 atom stereocenters. The van der Waals surface area contributed by atoms with Crippen molar-refractivity contribution in [3.05, 3.63) is 75.8 Å². The van der Waals surface area contributed by atoms with Gasteiger partial charge in [0.1, 0.15) is 11.0 Å². The van der Waals surface area contributed by atoms with Crippen molar-refractivity contribution < 1.29 is 8.42 Å². The monoisotopic (exact) mass is 356 g/mol. The van der Waals surface area contributed by atoms with Crippen LogP contribution in [0.3, 0.4) is 0 Å². The van der Waals surface area contributed by atoms with E-state index in [2.05, 4.69) is 4.98 Å². The standard InChI is InChI=1S/C18H13ClN2O2S/c19-15-7-5-13(6-8-15)12-24(22,23)16(10-20)9-14-11-21-18-4-2-1-3-17(14)18/h1-9,11,21H,12H2/b16-9+. The lowest BCUT2D eigenvalue weighted by Crippen LogP contribution is -2.06. The average Bonchev–Trinajstić information content (AvgIpc) is 2.97. The lowest BCUT2D eigenvalue weighted by Gasteiger charge is -2.03. The van der Waals surface area contributed by atoms with Crippen molar-refractivity contribution in [3.63, 3.8) is 0 Å². The van der Waals surface area contributed by atoms with E-state index in [0.29, 0.717) is 16.1 Å². The number of benzene rings is 2. The van der Waals surface area contributed by atoms with Gasteiger partial charge in [-0.2, -0.15) is 5.26 Å². The molecule has 0 aliphatic rings. The molecule has 0 radical (unpaired) electrons. The van der Waals surface area contributed by atoms with Crippen LogP contribution in [0.1, 0.15) is 11.1 Å². The molecular weight excluding hydrogens is 344 g/mol. The minimum Gasteiger partial charge on any atom is -0.361 e. The molecule has 0 saturated carbocycles. The quantitative estimate of drug-likeness (QED) is 0.708. The number of rotatable bonds is 4. The number of aromatic nitrogens is 1. The largest absolute Gasteiger partial charge is 0.361 e. The van der Waals surface area contributed by atoms with E-state index in [4.69, 9.17) is 11.6 Å². The molecule has 0 unspecified atom stereocenters. The number of nitriles is 1. The molecule has 0 spiro atoms. The van der Waals surface area contributed by atoms with Crippen molar-refractivity contribution in [3.8, 4) is 6.07 Å². The van der Waals surface area contributed by atoms with E-state index in [1.807, 2.05) is 30.3 Å². The number of H-pyrrole nitrogens is 1. The fourth-order valence-corrected chi connectivity index (χ4v) is 3.78. The van der Waals surface area contributed by atoms with Crippen LogP contribution in [-0.4, -0.2) is 13.4 Å². The number of allylic oxidation sites excluding steroid dienone is 1. The van der Waals surface area contributed by atoms with E-state index in [1.54, 1.807) is 30.5 Å². The molecule has 120 valence electrons. The zero-order chi connectivity index (χ0) is 17.2. The normalized spacial score (nSPS) is 12.2. The highest BCUT2D eigenvalue weighted by Crippen LogP contribution is 2.23. The van der Waals surface area contributed by atoms with Crippen molar-refractivity contribution in [1.29, 1.82) is 5.26 Å². The Bertz CT molecular complexity index is 1060. The van der Waals surface area contributed by atoms with Gasteiger partial charge in [-0.1, -0.05) is 41.9 Å². The third kappa shape index (κ3) is 3.35. The van der Waals surface area contributed by atoms with Gasteiger partial charge in [0.15, 0.2) is 9.84 Å². The summed E-state index contributed by atoms with van der Waals surface area (Å²) >= 11 is 5.81. The maximum absolute atomic E-state index is 12.5. The molecule has 0 aliphatic carbocycles. The van der Waals surface area contributed by atoms with Gasteiger partial charge in [-0.05, 0) is 29.8 Å². The van der Waals surface area contributed by atoms with Crippen LogP contribution < -0.4 is 0 Å². The van der Waals surface area contributed by atoms with Crippen molar-refractivity contribution in [2.24, 2.45) is 0 Å². The molecule has 2 aromatic carbocycles. The number of nitrogens with one attached hydrogen (secondary N) is 1. The molecule has 0 saturated heterocycles. The number of hydrogen-bond acceptors (Lipinski definition) is 3. The van der Waals surface area contributed by atoms with E-state index in [9.17, 15) is 13.7 Å². The molecule has 24 heavy (non-hydrogen) atoms. The Morgan fingerprint density at radius 1 is 1.17 bits per heavy atom. The van der Waals surface area contributed by atoms with E-state index in [-0.39, 0.29) is 10.7 Å². The summed E-state index contributed by atoms with van der Waals surface area (Å²) in [4.78, 5) is 2.80. The summed E-state index contributed by atoms with van der Waals surface area (Å²) in [6.45, 7) is 0. The highest BCUT2D eigenvalue weighted by Gasteiger charge is 2.19. The Balaban J connectivity index is 1.98. The van der Waals surface area contributed by atoms with Crippen LogP contribution >= 0.6 is 11.6 Å². The lowest BCUT2D eigenvalue weighted by atomic mass is 10.1.